The van der Waals surface area contributed by atoms with E-state index in [1.807, 2.05) is 6.92 Å². The van der Waals surface area contributed by atoms with Gasteiger partial charge in [-0.05, 0) is 6.42 Å². The van der Waals surface area contributed by atoms with Gasteiger partial charge in [-0.1, -0.05) is 6.92 Å². The lowest BCUT2D eigenvalue weighted by Crippen LogP contribution is -2.43. The maximum absolute atomic E-state index is 11.1. The molecule has 0 aromatic carbocycles. The van der Waals surface area contributed by atoms with E-state index in [0.29, 0.717) is 13.0 Å². The van der Waals surface area contributed by atoms with Gasteiger partial charge in [0.1, 0.15) is 0 Å². The van der Waals surface area contributed by atoms with Crippen molar-refractivity contribution in [1.82, 2.24) is 4.90 Å². The van der Waals surface area contributed by atoms with E-state index in [1.54, 1.807) is 0 Å². The van der Waals surface area contributed by atoms with Crippen molar-refractivity contribution in [1.29, 1.82) is 0 Å². The second kappa shape index (κ2) is 3.49. The summed E-state index contributed by atoms with van der Waals surface area (Å²) in [5.74, 6) is -0.505. The van der Waals surface area contributed by atoms with Crippen molar-refractivity contribution in [3.8, 4) is 0 Å². The predicted octanol–water partition coefficient (Wildman–Crippen LogP) is -0.351. The fourth-order valence-electron chi connectivity index (χ4n) is 1.23. The van der Waals surface area contributed by atoms with Gasteiger partial charge in [-0.25, -0.2) is 0 Å². The van der Waals surface area contributed by atoms with Crippen LogP contribution in [0.15, 0.2) is 12.2 Å². The van der Waals surface area contributed by atoms with Crippen molar-refractivity contribution in [2.24, 2.45) is 5.73 Å². The highest BCUT2D eigenvalue weighted by Crippen LogP contribution is 2.10. The molecule has 1 aliphatic heterocycles. The Balaban J connectivity index is 2.74. The molecule has 4 heteroatoms. The molecule has 1 rings (SSSR count). The molecule has 12 heavy (non-hydrogen) atoms. The van der Waals surface area contributed by atoms with E-state index in [1.165, 1.54) is 17.1 Å². The molecule has 0 saturated carbocycles. The number of amides is 2. The van der Waals surface area contributed by atoms with Crippen LogP contribution in [0.2, 0.25) is 0 Å². The van der Waals surface area contributed by atoms with Crippen LogP contribution in [-0.2, 0) is 9.59 Å². The standard InChI is InChI=1S/C8H12N2O2/c1-2-6(5-9)10-7(11)3-4-8(10)12/h3-4,6H,2,5,9H2,1H3. The van der Waals surface area contributed by atoms with Crippen molar-refractivity contribution >= 4 is 11.8 Å². The fraction of sp³-hybridized carbons (Fsp3) is 0.500. The van der Waals surface area contributed by atoms with E-state index in [2.05, 4.69) is 0 Å². The Bertz CT molecular complexity index is 213. The molecule has 0 aromatic rings. The van der Waals surface area contributed by atoms with Crippen molar-refractivity contribution < 1.29 is 9.59 Å². The van der Waals surface area contributed by atoms with Crippen LogP contribution in [-0.4, -0.2) is 29.3 Å². The molecule has 2 amide bonds. The SMILES string of the molecule is CCC(CN)N1C(=O)C=CC1=O. The van der Waals surface area contributed by atoms with Crippen LogP contribution in [0.4, 0.5) is 0 Å². The molecule has 0 saturated heterocycles. The smallest absolute Gasteiger partial charge is 0.253 e. The summed E-state index contributed by atoms with van der Waals surface area (Å²) in [6.07, 6.45) is 3.26. The Morgan fingerprint density at radius 3 is 2.25 bits per heavy atom. The molecule has 0 bridgehead atoms. The third-order valence-electron chi connectivity index (χ3n) is 1.95. The summed E-state index contributed by atoms with van der Waals surface area (Å²) in [6.45, 7) is 2.23. The number of nitrogens with zero attached hydrogens (tertiary/aromatic N) is 1. The monoisotopic (exact) mass is 168 g/mol. The van der Waals surface area contributed by atoms with Crippen molar-refractivity contribution in [3.05, 3.63) is 12.2 Å². The van der Waals surface area contributed by atoms with Crippen LogP contribution >= 0.6 is 0 Å². The maximum Gasteiger partial charge on any atom is 0.253 e. The van der Waals surface area contributed by atoms with E-state index >= 15 is 0 Å². The maximum atomic E-state index is 11.1. The van der Waals surface area contributed by atoms with Crippen LogP contribution in [0.5, 0.6) is 0 Å². The predicted molar refractivity (Wildman–Crippen MR) is 44.1 cm³/mol. The highest BCUT2D eigenvalue weighted by atomic mass is 16.2. The summed E-state index contributed by atoms with van der Waals surface area (Å²) in [4.78, 5) is 23.4. The normalized spacial score (nSPS) is 19.0. The summed E-state index contributed by atoms with van der Waals surface area (Å²) < 4.78 is 0. The molecule has 0 radical (unpaired) electrons. The third-order valence-corrected chi connectivity index (χ3v) is 1.95. The Labute approximate surface area is 71.0 Å². The molecule has 1 atom stereocenters. The molecule has 2 N–H and O–H groups in total. The molecular formula is C8H12N2O2. The Morgan fingerprint density at radius 1 is 1.42 bits per heavy atom. The topological polar surface area (TPSA) is 63.4 Å². The number of hydrogen-bond donors (Lipinski definition) is 1. The van der Waals surface area contributed by atoms with Gasteiger partial charge in [0.15, 0.2) is 0 Å². The van der Waals surface area contributed by atoms with Crippen molar-refractivity contribution in [3.63, 3.8) is 0 Å². The van der Waals surface area contributed by atoms with E-state index in [9.17, 15) is 9.59 Å². The van der Waals surface area contributed by atoms with Gasteiger partial charge in [0.25, 0.3) is 11.8 Å². The van der Waals surface area contributed by atoms with E-state index in [-0.39, 0.29) is 17.9 Å². The number of nitrogens with two attached hydrogens (primary N) is 1. The van der Waals surface area contributed by atoms with Gasteiger partial charge in [-0.3, -0.25) is 14.5 Å². The lowest BCUT2D eigenvalue weighted by Gasteiger charge is -2.23. The van der Waals surface area contributed by atoms with Gasteiger partial charge in [0, 0.05) is 18.7 Å². The van der Waals surface area contributed by atoms with Crippen LogP contribution in [0, 0.1) is 0 Å². The molecular weight excluding hydrogens is 156 g/mol. The average molecular weight is 168 g/mol. The summed E-state index contributed by atoms with van der Waals surface area (Å²) in [5, 5.41) is 0. The first kappa shape index (κ1) is 8.93. The molecule has 1 unspecified atom stereocenters. The minimum atomic E-state index is -0.252. The summed E-state index contributed by atoms with van der Waals surface area (Å²) in [5.41, 5.74) is 5.41. The van der Waals surface area contributed by atoms with Gasteiger partial charge in [-0.15, -0.1) is 0 Å². The zero-order chi connectivity index (χ0) is 9.14. The average Bonchev–Trinajstić information content (AvgIpc) is 2.38. The highest BCUT2D eigenvalue weighted by Gasteiger charge is 2.28. The van der Waals surface area contributed by atoms with Gasteiger partial charge >= 0.3 is 0 Å². The van der Waals surface area contributed by atoms with Crippen molar-refractivity contribution in [2.75, 3.05) is 6.54 Å². The van der Waals surface area contributed by atoms with E-state index in [4.69, 9.17) is 5.73 Å². The zero-order valence-corrected chi connectivity index (χ0v) is 6.99. The number of carbonyl (C=O) groups is 2. The molecule has 0 aromatic heterocycles. The Kier molecular flexibility index (Phi) is 2.60. The lowest BCUT2D eigenvalue weighted by atomic mass is 10.2. The van der Waals surface area contributed by atoms with Gasteiger partial charge < -0.3 is 5.73 Å². The molecule has 1 heterocycles. The van der Waals surface area contributed by atoms with Crippen molar-refractivity contribution in [2.45, 2.75) is 19.4 Å². The summed E-state index contributed by atoms with van der Waals surface area (Å²) in [7, 11) is 0. The second-order valence-corrected chi connectivity index (χ2v) is 2.68. The first-order chi connectivity index (χ1) is 5.70. The van der Waals surface area contributed by atoms with E-state index in [0.717, 1.165) is 0 Å². The van der Waals surface area contributed by atoms with Crippen LogP contribution in [0.25, 0.3) is 0 Å². The minimum Gasteiger partial charge on any atom is -0.328 e. The molecule has 0 spiro atoms. The first-order valence-corrected chi connectivity index (χ1v) is 3.96. The zero-order valence-electron chi connectivity index (χ0n) is 6.99. The lowest BCUT2D eigenvalue weighted by molar-refractivity contribution is -0.139. The quantitative estimate of drug-likeness (QED) is 0.586. The molecule has 4 nitrogen and oxygen atoms in total. The molecule has 0 aliphatic carbocycles. The highest BCUT2D eigenvalue weighted by molar-refractivity contribution is 6.13. The van der Waals surface area contributed by atoms with Crippen LogP contribution in [0.3, 0.4) is 0 Å². The third kappa shape index (κ3) is 1.38. The number of rotatable bonds is 3. The first-order valence-electron chi connectivity index (χ1n) is 3.96. The Morgan fingerprint density at radius 2 is 1.92 bits per heavy atom. The Hall–Kier alpha value is -1.16. The number of carbonyl (C=O) groups excluding carboxylic acids is 2. The second-order valence-electron chi connectivity index (χ2n) is 2.68. The van der Waals surface area contributed by atoms with Crippen LogP contribution in [0.1, 0.15) is 13.3 Å². The summed E-state index contributed by atoms with van der Waals surface area (Å²) in [6, 6.07) is -0.153. The summed E-state index contributed by atoms with van der Waals surface area (Å²) >= 11 is 0. The van der Waals surface area contributed by atoms with Gasteiger partial charge in [0.05, 0.1) is 6.04 Å². The number of hydrogen-bond acceptors (Lipinski definition) is 3. The van der Waals surface area contributed by atoms with Crippen LogP contribution < -0.4 is 5.73 Å². The van der Waals surface area contributed by atoms with E-state index < -0.39 is 0 Å². The minimum absolute atomic E-state index is 0.153. The number of imide groups is 1. The van der Waals surface area contributed by atoms with Gasteiger partial charge in [0.2, 0.25) is 0 Å². The fourth-order valence-corrected chi connectivity index (χ4v) is 1.23. The van der Waals surface area contributed by atoms with Gasteiger partial charge in [-0.2, -0.15) is 0 Å². The molecule has 1 aliphatic rings. The molecule has 66 valence electrons. The molecule has 0 fully saturated rings. The largest absolute Gasteiger partial charge is 0.328 e.